The van der Waals surface area contributed by atoms with Crippen molar-refractivity contribution in [2.24, 2.45) is 0 Å². The Kier molecular flexibility index (Phi) is 5.34. The van der Waals surface area contributed by atoms with Gasteiger partial charge in [0.05, 0.1) is 25.0 Å². The topological polar surface area (TPSA) is 82.9 Å². The van der Waals surface area contributed by atoms with Crippen molar-refractivity contribution in [3.8, 4) is 6.07 Å². The van der Waals surface area contributed by atoms with Crippen LogP contribution in [0, 0.1) is 11.3 Å². The highest BCUT2D eigenvalue weighted by molar-refractivity contribution is 4.97. The molecule has 1 N–H and O–H groups in total. The summed E-state index contributed by atoms with van der Waals surface area (Å²) < 4.78 is 5.18. The smallest absolute Gasteiger partial charge is 0.229 e. The molecule has 0 aliphatic heterocycles. The third-order valence-corrected chi connectivity index (χ3v) is 3.69. The van der Waals surface area contributed by atoms with Gasteiger partial charge in [-0.2, -0.15) is 10.2 Å². The highest BCUT2D eigenvalue weighted by Gasteiger charge is 2.20. The second-order valence-electron chi connectivity index (χ2n) is 5.31. The zero-order chi connectivity index (χ0) is 13.5. The van der Waals surface area contributed by atoms with E-state index in [4.69, 9.17) is 9.78 Å². The lowest BCUT2D eigenvalue weighted by atomic mass is 9.91. The van der Waals surface area contributed by atoms with Crippen LogP contribution in [0.3, 0.4) is 0 Å². The summed E-state index contributed by atoms with van der Waals surface area (Å²) in [5.74, 6) is 1.62. The summed E-state index contributed by atoms with van der Waals surface area (Å²) in [5, 5.41) is 22.1. The van der Waals surface area contributed by atoms with E-state index in [1.807, 2.05) is 6.07 Å². The molecule has 5 nitrogen and oxygen atoms in total. The summed E-state index contributed by atoms with van der Waals surface area (Å²) in [4.78, 5) is 4.38. The highest BCUT2D eigenvalue weighted by Crippen LogP contribution is 2.29. The molecule has 1 saturated carbocycles. The number of rotatable bonds is 4. The predicted molar refractivity (Wildman–Crippen MR) is 69.3 cm³/mol. The van der Waals surface area contributed by atoms with E-state index in [1.165, 1.54) is 32.1 Å². The van der Waals surface area contributed by atoms with Gasteiger partial charge < -0.3 is 9.63 Å². The number of aliphatic hydroxyl groups excluding tert-OH is 1. The average Bonchev–Trinajstić information content (AvgIpc) is 2.77. The molecule has 0 radical (unpaired) electrons. The summed E-state index contributed by atoms with van der Waals surface area (Å²) in [7, 11) is 0. The quantitative estimate of drug-likeness (QED) is 0.903. The Morgan fingerprint density at radius 2 is 1.95 bits per heavy atom. The van der Waals surface area contributed by atoms with E-state index in [9.17, 15) is 5.11 Å². The molecule has 2 rings (SSSR count). The first-order valence-electron chi connectivity index (χ1n) is 7.17. The van der Waals surface area contributed by atoms with E-state index < -0.39 is 6.10 Å². The normalized spacial score (nSPS) is 19.4. The van der Waals surface area contributed by atoms with E-state index in [-0.39, 0.29) is 12.8 Å². The van der Waals surface area contributed by atoms with E-state index in [0.29, 0.717) is 11.8 Å². The molecular weight excluding hydrogens is 242 g/mol. The molecule has 0 aromatic carbocycles. The van der Waals surface area contributed by atoms with E-state index in [1.54, 1.807) is 0 Å². The summed E-state index contributed by atoms with van der Waals surface area (Å²) in [6, 6.07) is 1.93. The van der Waals surface area contributed by atoms with Crippen LogP contribution in [-0.4, -0.2) is 21.4 Å². The first kappa shape index (κ1) is 14.0. The lowest BCUT2D eigenvalue weighted by molar-refractivity contribution is 0.167. The van der Waals surface area contributed by atoms with Crippen molar-refractivity contribution in [3.63, 3.8) is 0 Å². The van der Waals surface area contributed by atoms with Gasteiger partial charge in [0.25, 0.3) is 0 Å². The fraction of sp³-hybridized carbons (Fsp3) is 0.786. The largest absolute Gasteiger partial charge is 0.392 e. The standard InChI is InChI=1S/C14H21N3O2/c15-9-8-12(18)10-13-16-14(17-19-13)11-6-4-2-1-3-5-7-11/h11-12,18H,1-8,10H2. The van der Waals surface area contributed by atoms with Crippen molar-refractivity contribution in [2.75, 3.05) is 0 Å². The van der Waals surface area contributed by atoms with Gasteiger partial charge >= 0.3 is 0 Å². The van der Waals surface area contributed by atoms with Gasteiger partial charge in [0.15, 0.2) is 5.82 Å². The molecule has 1 aromatic rings. The SMILES string of the molecule is N#CCC(O)Cc1nc(C2CCCCCCC2)no1. The van der Waals surface area contributed by atoms with Crippen molar-refractivity contribution in [1.82, 2.24) is 10.1 Å². The van der Waals surface area contributed by atoms with Crippen molar-refractivity contribution < 1.29 is 9.63 Å². The van der Waals surface area contributed by atoms with Crippen LogP contribution in [0.1, 0.15) is 69.0 Å². The third kappa shape index (κ3) is 4.32. The van der Waals surface area contributed by atoms with Gasteiger partial charge in [-0.25, -0.2) is 0 Å². The molecule has 1 heterocycles. The fourth-order valence-corrected chi connectivity index (χ4v) is 2.61. The molecule has 1 aliphatic carbocycles. The second-order valence-corrected chi connectivity index (χ2v) is 5.31. The van der Waals surface area contributed by atoms with Crippen LogP contribution in [0.25, 0.3) is 0 Å². The van der Waals surface area contributed by atoms with Crippen LogP contribution in [0.15, 0.2) is 4.52 Å². The van der Waals surface area contributed by atoms with Crippen LogP contribution in [0.4, 0.5) is 0 Å². The molecule has 1 aliphatic rings. The summed E-state index contributed by atoms with van der Waals surface area (Å²) in [6.45, 7) is 0. The Hall–Kier alpha value is -1.41. The van der Waals surface area contributed by atoms with Gasteiger partial charge in [-0.05, 0) is 12.8 Å². The maximum absolute atomic E-state index is 9.55. The molecule has 1 aromatic heterocycles. The molecule has 1 fully saturated rings. The minimum Gasteiger partial charge on any atom is -0.392 e. The van der Waals surface area contributed by atoms with Crippen LogP contribution in [0.5, 0.6) is 0 Å². The van der Waals surface area contributed by atoms with Gasteiger partial charge in [0.2, 0.25) is 5.89 Å². The van der Waals surface area contributed by atoms with Crippen LogP contribution >= 0.6 is 0 Å². The van der Waals surface area contributed by atoms with Gasteiger partial charge in [-0.3, -0.25) is 0 Å². The molecular formula is C14H21N3O2. The number of aliphatic hydroxyl groups is 1. The van der Waals surface area contributed by atoms with Gasteiger partial charge in [0, 0.05) is 5.92 Å². The van der Waals surface area contributed by atoms with Gasteiger partial charge in [-0.15, -0.1) is 0 Å². The number of aromatic nitrogens is 2. The number of hydrogen-bond donors (Lipinski definition) is 1. The molecule has 1 atom stereocenters. The average molecular weight is 263 g/mol. The van der Waals surface area contributed by atoms with E-state index in [2.05, 4.69) is 10.1 Å². The van der Waals surface area contributed by atoms with Crippen LogP contribution in [0.2, 0.25) is 0 Å². The van der Waals surface area contributed by atoms with Gasteiger partial charge in [-0.1, -0.05) is 37.3 Å². The summed E-state index contributed by atoms with van der Waals surface area (Å²) in [6.07, 6.45) is 8.29. The Bertz CT molecular complexity index is 417. The van der Waals surface area contributed by atoms with Crippen LogP contribution in [-0.2, 0) is 6.42 Å². The Labute approximate surface area is 113 Å². The minimum atomic E-state index is -0.712. The fourth-order valence-electron chi connectivity index (χ4n) is 2.61. The van der Waals surface area contributed by atoms with Crippen molar-refractivity contribution in [2.45, 2.75) is 69.8 Å². The van der Waals surface area contributed by atoms with Crippen molar-refractivity contribution >= 4 is 0 Å². The molecule has 5 heteroatoms. The maximum Gasteiger partial charge on any atom is 0.229 e. The minimum absolute atomic E-state index is 0.0984. The predicted octanol–water partition coefficient (Wildman–Crippen LogP) is 2.71. The lowest BCUT2D eigenvalue weighted by Crippen LogP contribution is -2.10. The Balaban J connectivity index is 1.93. The molecule has 19 heavy (non-hydrogen) atoms. The maximum atomic E-state index is 9.55. The summed E-state index contributed by atoms with van der Waals surface area (Å²) in [5.41, 5.74) is 0. The molecule has 1 unspecified atom stereocenters. The number of nitrogens with zero attached hydrogens (tertiary/aromatic N) is 3. The van der Waals surface area contributed by atoms with Gasteiger partial charge in [0.1, 0.15) is 0 Å². The summed E-state index contributed by atoms with van der Waals surface area (Å²) >= 11 is 0. The third-order valence-electron chi connectivity index (χ3n) is 3.69. The Morgan fingerprint density at radius 1 is 1.26 bits per heavy atom. The van der Waals surface area contributed by atoms with E-state index in [0.717, 1.165) is 18.7 Å². The van der Waals surface area contributed by atoms with Crippen LogP contribution < -0.4 is 0 Å². The van der Waals surface area contributed by atoms with Crippen molar-refractivity contribution in [1.29, 1.82) is 5.26 Å². The molecule has 0 amide bonds. The zero-order valence-electron chi connectivity index (χ0n) is 11.2. The molecule has 0 bridgehead atoms. The lowest BCUT2D eigenvalue weighted by Gasteiger charge is -2.15. The molecule has 0 spiro atoms. The van der Waals surface area contributed by atoms with Crippen molar-refractivity contribution in [3.05, 3.63) is 11.7 Å². The monoisotopic (exact) mass is 263 g/mol. The Morgan fingerprint density at radius 3 is 2.63 bits per heavy atom. The zero-order valence-corrected chi connectivity index (χ0v) is 11.2. The van der Waals surface area contributed by atoms with E-state index >= 15 is 0 Å². The second kappa shape index (κ2) is 7.25. The number of hydrogen-bond acceptors (Lipinski definition) is 5. The number of nitriles is 1. The molecule has 0 saturated heterocycles. The first-order valence-corrected chi connectivity index (χ1v) is 7.17. The first-order chi connectivity index (χ1) is 9.29. The molecule has 104 valence electrons. The highest BCUT2D eigenvalue weighted by atomic mass is 16.5.